The minimum atomic E-state index is -0.291. The van der Waals surface area contributed by atoms with E-state index in [1.807, 2.05) is 55.3 Å². The predicted octanol–water partition coefficient (Wildman–Crippen LogP) is 3.96. The van der Waals surface area contributed by atoms with Gasteiger partial charge in [-0.3, -0.25) is 9.59 Å². The molecular weight excluding hydrogens is 398 g/mol. The maximum atomic E-state index is 13.6. The Bertz CT molecular complexity index is 990. The van der Waals surface area contributed by atoms with Crippen molar-refractivity contribution < 1.29 is 9.59 Å². The van der Waals surface area contributed by atoms with Crippen LogP contribution in [0.15, 0.2) is 54.2 Å². The lowest BCUT2D eigenvalue weighted by Crippen LogP contribution is -2.43. The van der Waals surface area contributed by atoms with Gasteiger partial charge in [0.05, 0.1) is 11.3 Å². The van der Waals surface area contributed by atoms with Crippen LogP contribution >= 0.6 is 11.6 Å². The van der Waals surface area contributed by atoms with E-state index in [-0.39, 0.29) is 17.9 Å². The smallest absolute Gasteiger partial charge is 0.282 e. The number of halogens is 1. The van der Waals surface area contributed by atoms with E-state index in [9.17, 15) is 9.59 Å². The average Bonchev–Trinajstić information content (AvgIpc) is 3.00. The molecule has 0 atom stereocenters. The van der Waals surface area contributed by atoms with Crippen LogP contribution in [0.5, 0.6) is 0 Å². The molecule has 2 aromatic carbocycles. The van der Waals surface area contributed by atoms with Gasteiger partial charge in [-0.25, -0.2) is 4.90 Å². The fourth-order valence-corrected chi connectivity index (χ4v) is 4.34. The third kappa shape index (κ3) is 3.75. The Balaban J connectivity index is 1.77. The number of aryl methyl sites for hydroxylation is 1. The number of likely N-dealkylation sites (N-methyl/N-ethyl adjacent to an activating group) is 1. The number of amides is 2. The molecule has 2 aliphatic rings. The van der Waals surface area contributed by atoms with Crippen LogP contribution in [0.25, 0.3) is 5.57 Å². The molecule has 2 aromatic rings. The molecule has 0 bridgehead atoms. The van der Waals surface area contributed by atoms with Gasteiger partial charge < -0.3 is 9.80 Å². The van der Waals surface area contributed by atoms with Gasteiger partial charge in [0.25, 0.3) is 11.8 Å². The number of carbonyl (C=O) groups excluding carboxylic acids is 2. The fourth-order valence-electron chi connectivity index (χ4n) is 4.22. The highest BCUT2D eigenvalue weighted by Gasteiger charge is 2.43. The molecule has 1 saturated heterocycles. The van der Waals surface area contributed by atoms with Crippen molar-refractivity contribution in [3.05, 3.63) is 70.4 Å². The third-order valence-electron chi connectivity index (χ3n) is 6.07. The van der Waals surface area contributed by atoms with Crippen molar-refractivity contribution in [2.24, 2.45) is 0 Å². The van der Waals surface area contributed by atoms with Crippen LogP contribution in [0.1, 0.15) is 24.0 Å². The van der Waals surface area contributed by atoms with E-state index in [0.717, 1.165) is 31.5 Å². The monoisotopic (exact) mass is 423 g/mol. The highest BCUT2D eigenvalue weighted by molar-refractivity contribution is 6.45. The zero-order chi connectivity index (χ0) is 21.4. The van der Waals surface area contributed by atoms with E-state index in [1.165, 1.54) is 4.90 Å². The number of imide groups is 1. The van der Waals surface area contributed by atoms with Gasteiger partial charge in [-0.15, -0.1) is 0 Å². The van der Waals surface area contributed by atoms with Crippen LogP contribution in [0, 0.1) is 6.92 Å². The second-order valence-corrected chi connectivity index (χ2v) is 8.59. The quantitative estimate of drug-likeness (QED) is 0.698. The first-order chi connectivity index (χ1) is 14.4. The van der Waals surface area contributed by atoms with Crippen molar-refractivity contribution in [2.75, 3.05) is 32.1 Å². The van der Waals surface area contributed by atoms with Gasteiger partial charge in [0.15, 0.2) is 0 Å². The Morgan fingerprint density at radius 3 is 2.13 bits per heavy atom. The lowest BCUT2D eigenvalue weighted by molar-refractivity contribution is -0.120. The maximum absolute atomic E-state index is 13.6. The minimum absolute atomic E-state index is 0.216. The summed E-state index contributed by atoms with van der Waals surface area (Å²) in [5.74, 6) is -0.559. The Kier molecular flexibility index (Phi) is 5.67. The SMILES string of the molecule is Cc1ccc(N2C(=O)C(c3ccc(Cl)cc3)=C(N(C)C3CCN(C)CC3)C2=O)cc1. The Hall–Kier alpha value is -2.63. The fraction of sp³-hybridized carbons (Fsp3) is 0.333. The molecule has 0 saturated carbocycles. The molecule has 0 aromatic heterocycles. The van der Waals surface area contributed by atoms with Crippen LogP contribution in [-0.2, 0) is 9.59 Å². The molecule has 6 heteroatoms. The van der Waals surface area contributed by atoms with Crippen molar-refractivity contribution >= 4 is 34.7 Å². The zero-order valence-corrected chi connectivity index (χ0v) is 18.3. The van der Waals surface area contributed by atoms with Gasteiger partial charge in [-0.1, -0.05) is 41.4 Å². The number of hydrogen-bond acceptors (Lipinski definition) is 4. The van der Waals surface area contributed by atoms with Crippen molar-refractivity contribution in [3.8, 4) is 0 Å². The molecule has 0 spiro atoms. The van der Waals surface area contributed by atoms with Gasteiger partial charge in [-0.05, 0) is 69.7 Å². The van der Waals surface area contributed by atoms with Gasteiger partial charge in [0.2, 0.25) is 0 Å². The highest BCUT2D eigenvalue weighted by atomic mass is 35.5. The Morgan fingerprint density at radius 2 is 1.53 bits per heavy atom. The first-order valence-corrected chi connectivity index (χ1v) is 10.6. The second kappa shape index (κ2) is 8.25. The van der Waals surface area contributed by atoms with Crippen LogP contribution in [0.4, 0.5) is 5.69 Å². The van der Waals surface area contributed by atoms with Crippen LogP contribution < -0.4 is 4.90 Å². The Morgan fingerprint density at radius 1 is 0.933 bits per heavy atom. The first kappa shape index (κ1) is 20.6. The molecule has 5 nitrogen and oxygen atoms in total. The molecule has 30 heavy (non-hydrogen) atoms. The summed E-state index contributed by atoms with van der Waals surface area (Å²) in [5, 5.41) is 0.594. The summed E-state index contributed by atoms with van der Waals surface area (Å²) in [6.07, 6.45) is 1.91. The van der Waals surface area contributed by atoms with Crippen molar-refractivity contribution in [1.82, 2.24) is 9.80 Å². The third-order valence-corrected chi connectivity index (χ3v) is 6.32. The Labute approximate surface area is 182 Å². The van der Waals surface area contributed by atoms with Gasteiger partial charge in [0.1, 0.15) is 5.70 Å². The number of benzene rings is 2. The number of hydrogen-bond donors (Lipinski definition) is 0. The van der Waals surface area contributed by atoms with Crippen molar-refractivity contribution in [2.45, 2.75) is 25.8 Å². The topological polar surface area (TPSA) is 43.9 Å². The number of piperidine rings is 1. The number of nitrogens with zero attached hydrogens (tertiary/aromatic N) is 3. The summed E-state index contributed by atoms with van der Waals surface area (Å²) in [7, 11) is 4.04. The van der Waals surface area contributed by atoms with E-state index in [4.69, 9.17) is 11.6 Å². The summed E-state index contributed by atoms with van der Waals surface area (Å²) in [5.41, 5.74) is 3.29. The van der Waals surface area contributed by atoms with E-state index in [1.54, 1.807) is 12.1 Å². The first-order valence-electron chi connectivity index (χ1n) is 10.2. The summed E-state index contributed by atoms with van der Waals surface area (Å²) in [6, 6.07) is 14.8. The molecule has 2 aliphatic heterocycles. The largest absolute Gasteiger partial charge is 0.366 e. The molecule has 4 rings (SSSR count). The predicted molar refractivity (Wildman–Crippen MR) is 120 cm³/mol. The number of anilines is 1. The normalized spacial score (nSPS) is 18.5. The molecular formula is C24H26ClN3O2. The molecule has 0 unspecified atom stereocenters. The van der Waals surface area contributed by atoms with E-state index in [2.05, 4.69) is 11.9 Å². The van der Waals surface area contributed by atoms with E-state index < -0.39 is 0 Å². The number of carbonyl (C=O) groups is 2. The van der Waals surface area contributed by atoms with Gasteiger partial charge in [-0.2, -0.15) is 0 Å². The maximum Gasteiger partial charge on any atom is 0.282 e. The summed E-state index contributed by atoms with van der Waals surface area (Å²) in [4.78, 5) is 32.7. The van der Waals surface area contributed by atoms with E-state index >= 15 is 0 Å². The number of likely N-dealkylation sites (tertiary alicyclic amines) is 1. The molecule has 2 heterocycles. The van der Waals surface area contributed by atoms with Crippen LogP contribution in [0.2, 0.25) is 5.02 Å². The average molecular weight is 424 g/mol. The number of rotatable bonds is 4. The lowest BCUT2D eigenvalue weighted by atomic mass is 10.0. The standard InChI is InChI=1S/C24H26ClN3O2/c1-16-4-10-20(11-5-16)28-23(29)21(17-6-8-18(25)9-7-17)22(24(28)30)27(3)19-12-14-26(2)15-13-19/h4-11,19H,12-15H2,1-3H3. The summed E-state index contributed by atoms with van der Waals surface area (Å²) >= 11 is 6.06. The zero-order valence-electron chi connectivity index (χ0n) is 17.6. The molecule has 2 amide bonds. The van der Waals surface area contributed by atoms with Crippen molar-refractivity contribution in [3.63, 3.8) is 0 Å². The molecule has 0 aliphatic carbocycles. The molecule has 156 valence electrons. The molecule has 0 N–H and O–H groups in total. The van der Waals surface area contributed by atoms with Gasteiger partial charge in [0, 0.05) is 18.1 Å². The summed E-state index contributed by atoms with van der Waals surface area (Å²) < 4.78 is 0. The van der Waals surface area contributed by atoms with Crippen LogP contribution in [0.3, 0.4) is 0 Å². The van der Waals surface area contributed by atoms with Crippen LogP contribution in [-0.4, -0.2) is 54.8 Å². The van der Waals surface area contributed by atoms with Crippen molar-refractivity contribution in [1.29, 1.82) is 0 Å². The highest BCUT2D eigenvalue weighted by Crippen LogP contribution is 2.36. The lowest BCUT2D eigenvalue weighted by Gasteiger charge is -2.36. The van der Waals surface area contributed by atoms with Gasteiger partial charge >= 0.3 is 0 Å². The molecule has 0 radical (unpaired) electrons. The molecule has 1 fully saturated rings. The second-order valence-electron chi connectivity index (χ2n) is 8.16. The summed E-state index contributed by atoms with van der Waals surface area (Å²) in [6.45, 7) is 3.93. The minimum Gasteiger partial charge on any atom is -0.366 e. The van der Waals surface area contributed by atoms with E-state index in [0.29, 0.717) is 27.5 Å².